The predicted molar refractivity (Wildman–Crippen MR) is 114 cm³/mol. The molecule has 1 atom stereocenters. The number of ether oxygens (including phenoxy) is 1. The summed E-state index contributed by atoms with van der Waals surface area (Å²) in [5.74, 6) is 0.844. The molecule has 0 N–H and O–H groups in total. The van der Waals surface area contributed by atoms with Gasteiger partial charge in [-0.05, 0) is 43.2 Å². The maximum atomic E-state index is 13.2. The van der Waals surface area contributed by atoms with Gasteiger partial charge in [0.05, 0.1) is 12.2 Å². The molecule has 3 aromatic rings. The van der Waals surface area contributed by atoms with Gasteiger partial charge in [-0.3, -0.25) is 4.79 Å². The van der Waals surface area contributed by atoms with Gasteiger partial charge in [0, 0.05) is 23.4 Å². The van der Waals surface area contributed by atoms with E-state index < -0.39 is 0 Å². The normalized spacial score (nSPS) is 16.1. The highest BCUT2D eigenvalue weighted by Crippen LogP contribution is 2.43. The van der Waals surface area contributed by atoms with E-state index in [9.17, 15) is 4.79 Å². The molecule has 1 heterocycles. The number of nitrogens with zero attached hydrogens (tertiary/aromatic N) is 2. The summed E-state index contributed by atoms with van der Waals surface area (Å²) < 4.78 is 6.32. The van der Waals surface area contributed by atoms with Crippen molar-refractivity contribution in [2.24, 2.45) is 0 Å². The van der Waals surface area contributed by atoms with E-state index in [0.717, 1.165) is 27.8 Å². The van der Waals surface area contributed by atoms with Gasteiger partial charge in [0.1, 0.15) is 11.9 Å². The standard InChI is InChI=1S/C23H23ClN2O2/c1-25(2)14-13-22(27)26-15-21(17-7-10-18(24)11-8-17)28-20-12-9-16-5-3-4-6-19(16)23(20)26/h3-12,21H,13-15H2,1-2H3. The van der Waals surface area contributed by atoms with Crippen molar-refractivity contribution >= 4 is 34.0 Å². The van der Waals surface area contributed by atoms with Crippen molar-refractivity contribution in [1.29, 1.82) is 0 Å². The summed E-state index contributed by atoms with van der Waals surface area (Å²) in [5.41, 5.74) is 1.88. The monoisotopic (exact) mass is 394 g/mol. The SMILES string of the molecule is CN(C)CCC(=O)N1CC(c2ccc(Cl)cc2)Oc2ccc3ccccc3c21. The summed E-state index contributed by atoms with van der Waals surface area (Å²) >= 11 is 6.04. The van der Waals surface area contributed by atoms with Gasteiger partial charge in [-0.25, -0.2) is 0 Å². The lowest BCUT2D eigenvalue weighted by atomic mass is 10.0. The van der Waals surface area contributed by atoms with Crippen molar-refractivity contribution in [3.05, 3.63) is 71.2 Å². The van der Waals surface area contributed by atoms with E-state index in [1.807, 2.05) is 78.5 Å². The first-order chi connectivity index (χ1) is 13.5. The van der Waals surface area contributed by atoms with E-state index in [4.69, 9.17) is 16.3 Å². The quantitative estimate of drug-likeness (QED) is 0.630. The molecule has 1 unspecified atom stereocenters. The van der Waals surface area contributed by atoms with Gasteiger partial charge in [-0.1, -0.05) is 54.1 Å². The van der Waals surface area contributed by atoms with E-state index in [2.05, 4.69) is 6.07 Å². The highest BCUT2D eigenvalue weighted by atomic mass is 35.5. The summed E-state index contributed by atoms with van der Waals surface area (Å²) in [6.07, 6.45) is 0.234. The Labute approximate surface area is 170 Å². The predicted octanol–water partition coefficient (Wildman–Crippen LogP) is 4.91. The number of benzene rings is 3. The van der Waals surface area contributed by atoms with E-state index in [1.165, 1.54) is 0 Å². The lowest BCUT2D eigenvalue weighted by molar-refractivity contribution is -0.119. The maximum absolute atomic E-state index is 13.2. The molecule has 0 fully saturated rings. The Hall–Kier alpha value is -2.56. The first-order valence-electron chi connectivity index (χ1n) is 9.42. The third-order valence-electron chi connectivity index (χ3n) is 5.07. The number of fused-ring (bicyclic) bond motifs is 3. The molecular weight excluding hydrogens is 372 g/mol. The third-order valence-corrected chi connectivity index (χ3v) is 5.32. The maximum Gasteiger partial charge on any atom is 0.228 e. The number of hydrogen-bond acceptors (Lipinski definition) is 3. The Morgan fingerprint density at radius 2 is 1.86 bits per heavy atom. The smallest absolute Gasteiger partial charge is 0.228 e. The van der Waals surface area contributed by atoms with Gasteiger partial charge < -0.3 is 14.5 Å². The van der Waals surface area contributed by atoms with Gasteiger partial charge in [0.15, 0.2) is 0 Å². The van der Waals surface area contributed by atoms with E-state index in [0.29, 0.717) is 24.5 Å². The van der Waals surface area contributed by atoms with Crippen LogP contribution < -0.4 is 9.64 Å². The van der Waals surface area contributed by atoms with E-state index >= 15 is 0 Å². The first-order valence-corrected chi connectivity index (χ1v) is 9.79. The Kier molecular flexibility index (Phi) is 5.25. The van der Waals surface area contributed by atoms with Crippen LogP contribution in [-0.2, 0) is 4.79 Å². The van der Waals surface area contributed by atoms with Gasteiger partial charge in [-0.15, -0.1) is 0 Å². The zero-order valence-electron chi connectivity index (χ0n) is 16.1. The van der Waals surface area contributed by atoms with Crippen LogP contribution in [-0.4, -0.2) is 38.0 Å². The average molecular weight is 395 g/mol. The van der Waals surface area contributed by atoms with Gasteiger partial charge in [-0.2, -0.15) is 0 Å². The van der Waals surface area contributed by atoms with Crippen LogP contribution in [0.5, 0.6) is 5.75 Å². The highest BCUT2D eigenvalue weighted by molar-refractivity contribution is 6.30. The lowest BCUT2D eigenvalue weighted by Gasteiger charge is -2.36. The molecule has 0 spiro atoms. The average Bonchev–Trinajstić information content (AvgIpc) is 2.71. The van der Waals surface area contributed by atoms with Crippen LogP contribution in [0.3, 0.4) is 0 Å². The number of rotatable bonds is 4. The van der Waals surface area contributed by atoms with Crippen molar-refractivity contribution in [1.82, 2.24) is 4.90 Å². The number of carbonyl (C=O) groups excluding carboxylic acids is 1. The number of carbonyl (C=O) groups is 1. The minimum atomic E-state index is -0.228. The Balaban J connectivity index is 1.76. The van der Waals surface area contributed by atoms with Crippen LogP contribution in [0.1, 0.15) is 18.1 Å². The summed E-state index contributed by atoms with van der Waals surface area (Å²) in [6, 6.07) is 19.7. The Morgan fingerprint density at radius 1 is 1.11 bits per heavy atom. The fourth-order valence-corrected chi connectivity index (χ4v) is 3.71. The Morgan fingerprint density at radius 3 is 2.61 bits per heavy atom. The third kappa shape index (κ3) is 3.71. The van der Waals surface area contributed by atoms with Crippen molar-refractivity contribution in [2.45, 2.75) is 12.5 Å². The number of anilines is 1. The molecule has 3 aromatic carbocycles. The molecule has 0 saturated heterocycles. The highest BCUT2D eigenvalue weighted by Gasteiger charge is 2.32. The van der Waals surface area contributed by atoms with Crippen LogP contribution in [0.2, 0.25) is 5.02 Å². The second-order valence-electron chi connectivity index (χ2n) is 7.35. The van der Waals surface area contributed by atoms with E-state index in [1.54, 1.807) is 0 Å². The van der Waals surface area contributed by atoms with Crippen LogP contribution >= 0.6 is 11.6 Å². The van der Waals surface area contributed by atoms with Crippen molar-refractivity contribution in [3.8, 4) is 5.75 Å². The zero-order chi connectivity index (χ0) is 19.7. The van der Waals surface area contributed by atoms with Gasteiger partial charge in [0.25, 0.3) is 0 Å². The number of amides is 1. The van der Waals surface area contributed by atoms with Crippen molar-refractivity contribution in [2.75, 3.05) is 32.1 Å². The van der Waals surface area contributed by atoms with Gasteiger partial charge in [0.2, 0.25) is 5.91 Å². The molecule has 5 heteroatoms. The molecule has 1 amide bonds. The summed E-state index contributed by atoms with van der Waals surface area (Å²) in [7, 11) is 3.96. The molecule has 144 valence electrons. The second-order valence-corrected chi connectivity index (χ2v) is 7.79. The molecule has 0 aliphatic carbocycles. The molecular formula is C23H23ClN2O2. The van der Waals surface area contributed by atoms with Crippen LogP contribution in [0.25, 0.3) is 10.8 Å². The molecule has 0 bridgehead atoms. The molecule has 0 aromatic heterocycles. The molecule has 28 heavy (non-hydrogen) atoms. The number of halogens is 1. The molecule has 1 aliphatic heterocycles. The number of hydrogen-bond donors (Lipinski definition) is 0. The summed E-state index contributed by atoms with van der Waals surface area (Å²) in [5, 5.41) is 2.82. The molecule has 4 nitrogen and oxygen atoms in total. The summed E-state index contributed by atoms with van der Waals surface area (Å²) in [4.78, 5) is 17.1. The van der Waals surface area contributed by atoms with Gasteiger partial charge >= 0.3 is 0 Å². The minimum absolute atomic E-state index is 0.105. The first kappa shape index (κ1) is 18.8. The summed E-state index contributed by atoms with van der Waals surface area (Å²) in [6.45, 7) is 1.19. The fourth-order valence-electron chi connectivity index (χ4n) is 3.59. The van der Waals surface area contributed by atoms with Crippen molar-refractivity contribution < 1.29 is 9.53 Å². The zero-order valence-corrected chi connectivity index (χ0v) is 16.8. The fraction of sp³-hybridized carbons (Fsp3) is 0.261. The molecule has 1 aliphatic rings. The van der Waals surface area contributed by atoms with Crippen molar-refractivity contribution in [3.63, 3.8) is 0 Å². The topological polar surface area (TPSA) is 32.8 Å². The van der Waals surface area contributed by atoms with Crippen LogP contribution in [0.4, 0.5) is 5.69 Å². The molecule has 0 saturated carbocycles. The minimum Gasteiger partial charge on any atom is -0.482 e. The van der Waals surface area contributed by atoms with Crippen LogP contribution in [0.15, 0.2) is 60.7 Å². The largest absolute Gasteiger partial charge is 0.482 e. The second kappa shape index (κ2) is 7.82. The lowest BCUT2D eigenvalue weighted by Crippen LogP contribution is -2.40. The Bertz CT molecular complexity index is 1000. The molecule has 0 radical (unpaired) electrons. The van der Waals surface area contributed by atoms with E-state index in [-0.39, 0.29) is 12.0 Å². The van der Waals surface area contributed by atoms with Crippen LogP contribution in [0, 0.1) is 0 Å². The molecule has 4 rings (SSSR count).